The van der Waals surface area contributed by atoms with Gasteiger partial charge in [0.2, 0.25) is 0 Å². The van der Waals surface area contributed by atoms with Crippen LogP contribution in [-0.2, 0) is 9.09 Å². The molecule has 0 radical (unpaired) electrons. The number of amides is 2. The molecule has 8 heteroatoms. The van der Waals surface area contributed by atoms with Crippen LogP contribution < -0.4 is 10.6 Å². The van der Waals surface area contributed by atoms with Crippen LogP contribution in [0.1, 0.15) is 150 Å². The largest absolute Gasteiger partial charge is 0.338 e. The highest BCUT2D eigenvalue weighted by atomic mass is 32.7. The van der Waals surface area contributed by atoms with E-state index in [4.69, 9.17) is 4.52 Å². The number of thiol groups is 1. The highest BCUT2D eigenvalue weighted by Crippen LogP contribution is 2.57. The van der Waals surface area contributed by atoms with Gasteiger partial charge >= 0.3 is 12.8 Å². The molecule has 2 amide bonds. The van der Waals surface area contributed by atoms with E-state index in [1.54, 1.807) is 0 Å². The van der Waals surface area contributed by atoms with Gasteiger partial charge in [-0.05, 0) is 47.0 Å². The standard InChI is InChI=1S/C29H62N3O3PS/c1-6-7-8-9-10-11-12-13-14-15-16-17-18-21-24-30-29(33)31-25-22-19-20-23-26-35-36(34,37)32(27(2)3)28(4)5/h27-28H,6-26H2,1-5H3,(H,34,37)(H2,30,31,33). The lowest BCUT2D eigenvalue weighted by atomic mass is 10.0. The molecule has 0 aliphatic heterocycles. The third kappa shape index (κ3) is 22.3. The fourth-order valence-corrected chi connectivity index (χ4v) is 7.95. The van der Waals surface area contributed by atoms with Crippen molar-refractivity contribution in [3.8, 4) is 0 Å². The summed E-state index contributed by atoms with van der Waals surface area (Å²) < 4.78 is 20.3. The van der Waals surface area contributed by atoms with Gasteiger partial charge in [0.1, 0.15) is 0 Å². The molecule has 0 bridgehead atoms. The monoisotopic (exact) mass is 563 g/mol. The summed E-state index contributed by atoms with van der Waals surface area (Å²) in [5.41, 5.74) is 0. The van der Waals surface area contributed by atoms with Crippen LogP contribution in [0.4, 0.5) is 4.79 Å². The van der Waals surface area contributed by atoms with Gasteiger partial charge in [0.25, 0.3) is 0 Å². The van der Waals surface area contributed by atoms with Crippen molar-refractivity contribution in [1.29, 1.82) is 0 Å². The molecule has 1 unspecified atom stereocenters. The number of nitrogens with one attached hydrogen (secondary N) is 2. The first-order valence-electron chi connectivity index (χ1n) is 15.5. The summed E-state index contributed by atoms with van der Waals surface area (Å²) in [5, 5.41) is 5.91. The second-order valence-corrected chi connectivity index (χ2v) is 14.3. The molecular weight excluding hydrogens is 501 g/mol. The quantitative estimate of drug-likeness (QED) is 0.0557. The van der Waals surface area contributed by atoms with Gasteiger partial charge < -0.3 is 15.2 Å². The molecule has 0 saturated heterocycles. The van der Waals surface area contributed by atoms with Crippen molar-refractivity contribution >= 4 is 25.0 Å². The summed E-state index contributed by atoms with van der Waals surface area (Å²) in [7, 11) is 0. The number of hydrogen-bond donors (Lipinski definition) is 3. The molecule has 6 nitrogen and oxygen atoms in total. The Morgan fingerprint density at radius 1 is 0.676 bits per heavy atom. The molecule has 0 saturated carbocycles. The first kappa shape index (κ1) is 36.8. The number of carbonyl (C=O) groups is 1. The molecule has 0 aromatic carbocycles. The van der Waals surface area contributed by atoms with Crippen LogP contribution in [0.3, 0.4) is 0 Å². The topological polar surface area (TPSA) is 70.7 Å². The van der Waals surface area contributed by atoms with Crippen molar-refractivity contribution in [2.45, 2.75) is 162 Å². The normalized spacial score (nSPS) is 13.4. The summed E-state index contributed by atoms with van der Waals surface area (Å²) in [6.07, 6.45) is 22.6. The predicted octanol–water partition coefficient (Wildman–Crippen LogP) is 9.50. The van der Waals surface area contributed by atoms with Crippen molar-refractivity contribution in [2.24, 2.45) is 0 Å². The SMILES string of the molecule is CCCCCCCCCCCCCCCCNC(=O)NCCCCCCOP(=O)(S)N(C(C)C)C(C)C. The van der Waals surface area contributed by atoms with Crippen molar-refractivity contribution in [1.82, 2.24) is 15.3 Å². The second kappa shape index (κ2) is 24.8. The van der Waals surface area contributed by atoms with Gasteiger partial charge in [0.05, 0.1) is 6.61 Å². The Labute approximate surface area is 235 Å². The van der Waals surface area contributed by atoms with Crippen LogP contribution in [0, 0.1) is 0 Å². The summed E-state index contributed by atoms with van der Waals surface area (Å²) in [6.45, 7) is 9.15. The number of nitrogens with zero attached hydrogens (tertiary/aromatic N) is 1. The zero-order valence-corrected chi connectivity index (χ0v) is 26.9. The first-order chi connectivity index (χ1) is 17.7. The van der Waals surface area contributed by atoms with Crippen LogP contribution in [0.25, 0.3) is 0 Å². The van der Waals surface area contributed by atoms with Gasteiger partial charge in [-0.2, -0.15) is 0 Å². The smallest absolute Gasteiger partial charge is 0.326 e. The molecule has 0 aromatic rings. The molecular formula is C29H62N3O3PS. The van der Waals surface area contributed by atoms with Gasteiger partial charge in [-0.15, -0.1) is 0 Å². The molecule has 37 heavy (non-hydrogen) atoms. The molecule has 1 atom stereocenters. The maximum absolute atomic E-state index is 12.8. The number of unbranched alkanes of at least 4 members (excludes halogenated alkanes) is 16. The van der Waals surface area contributed by atoms with E-state index in [-0.39, 0.29) is 18.1 Å². The van der Waals surface area contributed by atoms with Crippen molar-refractivity contribution in [3.63, 3.8) is 0 Å². The fraction of sp³-hybridized carbons (Fsp3) is 0.966. The lowest BCUT2D eigenvalue weighted by Crippen LogP contribution is -2.36. The Bertz CT molecular complexity index is 571. The Kier molecular flexibility index (Phi) is 24.6. The Hall–Kier alpha value is -0.230. The minimum Gasteiger partial charge on any atom is -0.338 e. The van der Waals surface area contributed by atoms with E-state index >= 15 is 0 Å². The van der Waals surface area contributed by atoms with Crippen molar-refractivity contribution in [2.75, 3.05) is 19.7 Å². The second-order valence-electron chi connectivity index (χ2n) is 11.1. The minimum atomic E-state index is -3.06. The number of carbonyl (C=O) groups excluding carboxylic acids is 1. The van der Waals surface area contributed by atoms with E-state index in [0.29, 0.717) is 13.2 Å². The van der Waals surface area contributed by atoms with Crippen LogP contribution in [0.2, 0.25) is 0 Å². The number of hydrogen-bond acceptors (Lipinski definition) is 3. The number of urea groups is 1. The van der Waals surface area contributed by atoms with E-state index in [1.165, 1.54) is 83.5 Å². The van der Waals surface area contributed by atoms with Crippen LogP contribution in [-0.4, -0.2) is 42.5 Å². The molecule has 2 N–H and O–H groups in total. The predicted molar refractivity (Wildman–Crippen MR) is 165 cm³/mol. The Balaban J connectivity index is 3.45. The van der Waals surface area contributed by atoms with Gasteiger partial charge in [-0.1, -0.05) is 115 Å². The van der Waals surface area contributed by atoms with Gasteiger partial charge in [0, 0.05) is 25.2 Å². The van der Waals surface area contributed by atoms with Gasteiger partial charge in [0.15, 0.2) is 0 Å². The minimum absolute atomic E-state index is 0.0588. The number of rotatable bonds is 26. The average Bonchev–Trinajstić information content (AvgIpc) is 2.82. The van der Waals surface area contributed by atoms with E-state index in [9.17, 15) is 9.36 Å². The van der Waals surface area contributed by atoms with E-state index < -0.39 is 6.72 Å². The fourth-order valence-electron chi connectivity index (χ4n) is 4.80. The molecule has 0 spiro atoms. The van der Waals surface area contributed by atoms with Gasteiger partial charge in [-0.25, -0.2) is 9.46 Å². The van der Waals surface area contributed by atoms with Crippen LogP contribution in [0.15, 0.2) is 0 Å². The van der Waals surface area contributed by atoms with E-state index in [1.807, 2.05) is 32.4 Å². The summed E-state index contributed by atoms with van der Waals surface area (Å²) >= 11 is 4.33. The summed E-state index contributed by atoms with van der Waals surface area (Å²) in [5.74, 6) is 0. The zero-order valence-electron chi connectivity index (χ0n) is 25.1. The Morgan fingerprint density at radius 2 is 1.03 bits per heavy atom. The maximum atomic E-state index is 12.8. The lowest BCUT2D eigenvalue weighted by Gasteiger charge is -2.34. The third-order valence-corrected chi connectivity index (χ3v) is 9.77. The van der Waals surface area contributed by atoms with Crippen LogP contribution >= 0.6 is 19.0 Å². The molecule has 0 heterocycles. The summed E-state index contributed by atoms with van der Waals surface area (Å²) in [6, 6.07) is 0.182. The molecule has 0 fully saturated rings. The molecule has 0 rings (SSSR count). The molecule has 0 aliphatic rings. The van der Waals surface area contributed by atoms with Crippen LogP contribution in [0.5, 0.6) is 0 Å². The Morgan fingerprint density at radius 3 is 1.41 bits per heavy atom. The van der Waals surface area contributed by atoms with Crippen molar-refractivity contribution < 1.29 is 13.9 Å². The maximum Gasteiger partial charge on any atom is 0.326 e. The lowest BCUT2D eigenvalue weighted by molar-refractivity contribution is 0.225. The zero-order chi connectivity index (χ0) is 27.8. The third-order valence-electron chi connectivity index (χ3n) is 6.78. The van der Waals surface area contributed by atoms with Crippen molar-refractivity contribution in [3.05, 3.63) is 0 Å². The molecule has 222 valence electrons. The highest BCUT2D eigenvalue weighted by Gasteiger charge is 2.32. The van der Waals surface area contributed by atoms with Gasteiger partial charge in [-0.3, -0.25) is 4.57 Å². The average molecular weight is 564 g/mol. The van der Waals surface area contributed by atoms with E-state index in [2.05, 4.69) is 29.8 Å². The molecule has 0 aromatic heterocycles. The molecule has 0 aliphatic carbocycles. The van der Waals surface area contributed by atoms with E-state index in [0.717, 1.165) is 38.6 Å². The first-order valence-corrected chi connectivity index (χ1v) is 18.2. The summed E-state index contributed by atoms with van der Waals surface area (Å²) in [4.78, 5) is 11.9. The highest BCUT2D eigenvalue weighted by molar-refractivity contribution is 8.45.